The molecule has 11 heteroatoms. The number of nitrogens with zero attached hydrogens (tertiary/aromatic N) is 3. The Morgan fingerprint density at radius 3 is 2.55 bits per heavy atom. The van der Waals surface area contributed by atoms with Crippen molar-refractivity contribution >= 4 is 34.6 Å². The van der Waals surface area contributed by atoms with Crippen molar-refractivity contribution in [2.24, 2.45) is 5.73 Å². The molecule has 172 valence electrons. The summed E-state index contributed by atoms with van der Waals surface area (Å²) in [4.78, 5) is 15.9. The first-order valence-corrected chi connectivity index (χ1v) is 10.3. The number of amides is 1. The number of nitriles is 1. The molecule has 0 unspecified atom stereocenters. The molecule has 1 fully saturated rings. The molecule has 0 aromatic heterocycles. The van der Waals surface area contributed by atoms with Gasteiger partial charge >= 0.3 is 6.18 Å². The lowest BCUT2D eigenvalue weighted by Crippen LogP contribution is -2.44. The fourth-order valence-electron chi connectivity index (χ4n) is 3.82. The summed E-state index contributed by atoms with van der Waals surface area (Å²) in [5.41, 5.74) is 3.19. The van der Waals surface area contributed by atoms with Crippen LogP contribution in [0.5, 0.6) is 11.5 Å². The molecular formula is C22H19F3N4O3S. The molecule has 1 amide bonds. The zero-order valence-electron chi connectivity index (χ0n) is 17.6. The predicted octanol–water partition coefficient (Wildman–Crippen LogP) is 3.59. The van der Waals surface area contributed by atoms with Crippen molar-refractivity contribution in [1.29, 1.82) is 5.26 Å². The van der Waals surface area contributed by atoms with E-state index in [9.17, 15) is 18.0 Å². The minimum atomic E-state index is -4.77. The zero-order chi connectivity index (χ0) is 24.1. The summed E-state index contributed by atoms with van der Waals surface area (Å²) in [6.07, 6.45) is -5.04. The molecule has 0 spiro atoms. The summed E-state index contributed by atoms with van der Waals surface area (Å²) < 4.78 is 51.9. The van der Waals surface area contributed by atoms with E-state index in [1.54, 1.807) is 36.9 Å². The topological polar surface area (TPSA) is 91.8 Å². The Balaban J connectivity index is 1.74. The van der Waals surface area contributed by atoms with Gasteiger partial charge < -0.3 is 20.1 Å². The molecule has 4 rings (SSSR count). The molecule has 7 nitrogen and oxygen atoms in total. The molecule has 0 saturated carbocycles. The molecule has 2 aliphatic rings. The number of thiocarbonyl (C=S) groups is 1. The third-order valence-corrected chi connectivity index (χ3v) is 5.89. The van der Waals surface area contributed by atoms with Crippen molar-refractivity contribution in [3.05, 3.63) is 47.5 Å². The van der Waals surface area contributed by atoms with Crippen LogP contribution in [0.1, 0.15) is 25.0 Å². The number of alkyl halides is 3. The van der Waals surface area contributed by atoms with Crippen molar-refractivity contribution in [3.8, 4) is 17.6 Å². The van der Waals surface area contributed by atoms with Crippen LogP contribution in [-0.4, -0.2) is 35.8 Å². The largest absolute Gasteiger partial charge is 0.486 e. The van der Waals surface area contributed by atoms with Gasteiger partial charge in [0.25, 0.3) is 5.91 Å². The Morgan fingerprint density at radius 2 is 1.91 bits per heavy atom. The summed E-state index contributed by atoms with van der Waals surface area (Å²) >= 11 is 5.54. The second-order valence-corrected chi connectivity index (χ2v) is 8.44. The fourth-order valence-corrected chi connectivity index (χ4v) is 4.34. The molecule has 1 saturated heterocycles. The molecule has 2 aromatic rings. The molecule has 0 bridgehead atoms. The molecule has 2 heterocycles. The van der Waals surface area contributed by atoms with Crippen molar-refractivity contribution < 1.29 is 27.4 Å². The summed E-state index contributed by atoms with van der Waals surface area (Å²) in [5, 5.41) is 9.05. The smallest absolute Gasteiger partial charge is 0.417 e. The van der Waals surface area contributed by atoms with E-state index in [2.05, 4.69) is 0 Å². The average molecular weight is 476 g/mol. The van der Waals surface area contributed by atoms with Gasteiger partial charge in [0.2, 0.25) is 0 Å². The normalized spacial score (nSPS) is 19.6. The number of rotatable bonds is 3. The van der Waals surface area contributed by atoms with Crippen LogP contribution >= 0.6 is 12.2 Å². The lowest BCUT2D eigenvalue weighted by molar-refractivity contribution is -0.137. The van der Waals surface area contributed by atoms with Crippen molar-refractivity contribution in [3.63, 3.8) is 0 Å². The predicted molar refractivity (Wildman–Crippen MR) is 118 cm³/mol. The van der Waals surface area contributed by atoms with Gasteiger partial charge in [0.05, 0.1) is 22.9 Å². The Bertz CT molecular complexity index is 1190. The number of carbonyl (C=O) groups is 1. The van der Waals surface area contributed by atoms with E-state index < -0.39 is 28.7 Å². The van der Waals surface area contributed by atoms with E-state index >= 15 is 0 Å². The van der Waals surface area contributed by atoms with Gasteiger partial charge in [-0.3, -0.25) is 9.69 Å². The quantitative estimate of drug-likeness (QED) is 0.677. The maximum atomic E-state index is 13.5. The Labute approximate surface area is 193 Å². The highest BCUT2D eigenvalue weighted by molar-refractivity contribution is 7.81. The third kappa shape index (κ3) is 3.75. The van der Waals surface area contributed by atoms with Gasteiger partial charge in [-0.15, -0.1) is 0 Å². The number of benzene rings is 2. The first-order valence-electron chi connectivity index (χ1n) is 9.92. The molecule has 0 radical (unpaired) electrons. The van der Waals surface area contributed by atoms with E-state index in [0.717, 1.165) is 17.0 Å². The van der Waals surface area contributed by atoms with E-state index in [1.165, 1.54) is 12.1 Å². The summed E-state index contributed by atoms with van der Waals surface area (Å²) in [7, 11) is 0. The number of halogens is 3. The molecule has 2 aliphatic heterocycles. The van der Waals surface area contributed by atoms with Gasteiger partial charge in [0.15, 0.2) is 16.6 Å². The summed E-state index contributed by atoms with van der Waals surface area (Å²) in [6.45, 7) is 3.80. The number of anilines is 2. The van der Waals surface area contributed by atoms with Crippen LogP contribution in [0.25, 0.3) is 0 Å². The number of hydrogen-bond acceptors (Lipinski definition) is 6. The third-order valence-electron chi connectivity index (χ3n) is 5.52. The standard InChI is InChI=1S/C22H19F3N4O3S/c1-21(2)19(30)28(13-4-3-12(9-26)16(7-13)22(23,24)25)20(33)29(21)14-5-6-17-18(8-14)31-11-15(10-27)32-17/h3-8,15H,10-11,27H2,1-2H3/t15-/m0/s1. The van der Waals surface area contributed by atoms with E-state index in [-0.39, 0.29) is 23.5 Å². The van der Waals surface area contributed by atoms with Crippen LogP contribution in [0.2, 0.25) is 0 Å². The van der Waals surface area contributed by atoms with Crippen LogP contribution in [0, 0.1) is 11.3 Å². The molecule has 1 atom stereocenters. The fraction of sp³-hybridized carbons (Fsp3) is 0.318. The maximum Gasteiger partial charge on any atom is 0.417 e. The summed E-state index contributed by atoms with van der Waals surface area (Å²) in [5.74, 6) is 0.427. The molecule has 0 aliphatic carbocycles. The average Bonchev–Trinajstić information content (AvgIpc) is 2.95. The van der Waals surface area contributed by atoms with Crippen LogP contribution < -0.4 is 25.0 Å². The number of ether oxygens (including phenoxy) is 2. The van der Waals surface area contributed by atoms with Gasteiger partial charge in [-0.25, -0.2) is 0 Å². The second kappa shape index (κ2) is 7.90. The van der Waals surface area contributed by atoms with Gasteiger partial charge in [-0.1, -0.05) is 0 Å². The minimum Gasteiger partial charge on any atom is -0.486 e. The van der Waals surface area contributed by atoms with Crippen LogP contribution in [0.15, 0.2) is 36.4 Å². The van der Waals surface area contributed by atoms with Crippen LogP contribution in [0.4, 0.5) is 24.5 Å². The first-order chi connectivity index (χ1) is 15.5. The summed E-state index contributed by atoms with van der Waals surface area (Å²) in [6, 6.07) is 9.61. The molecule has 2 aromatic carbocycles. The van der Waals surface area contributed by atoms with Gasteiger partial charge in [-0.05, 0) is 56.4 Å². The SMILES string of the molecule is CC1(C)C(=O)N(c2ccc(C#N)c(C(F)(F)F)c2)C(=S)N1c1ccc2c(c1)OC[C@H](CN)O2. The zero-order valence-corrected chi connectivity index (χ0v) is 18.5. The number of carbonyl (C=O) groups excluding carboxylic acids is 1. The van der Waals surface area contributed by atoms with E-state index in [1.807, 2.05) is 0 Å². The monoisotopic (exact) mass is 476 g/mol. The molecular weight excluding hydrogens is 457 g/mol. The first kappa shape index (κ1) is 22.8. The van der Waals surface area contributed by atoms with Crippen molar-refractivity contribution in [2.45, 2.75) is 31.7 Å². The van der Waals surface area contributed by atoms with Crippen molar-refractivity contribution in [2.75, 3.05) is 23.0 Å². The highest BCUT2D eigenvalue weighted by Crippen LogP contribution is 2.42. The lowest BCUT2D eigenvalue weighted by atomic mass is 10.0. The number of hydrogen-bond donors (Lipinski definition) is 1. The Morgan fingerprint density at radius 1 is 1.21 bits per heavy atom. The maximum absolute atomic E-state index is 13.5. The van der Waals surface area contributed by atoms with Crippen LogP contribution in [0.3, 0.4) is 0 Å². The molecule has 2 N–H and O–H groups in total. The molecule has 33 heavy (non-hydrogen) atoms. The van der Waals surface area contributed by atoms with Gasteiger partial charge in [-0.2, -0.15) is 18.4 Å². The Hall–Kier alpha value is -3.36. The van der Waals surface area contributed by atoms with E-state index in [4.69, 9.17) is 32.7 Å². The highest BCUT2D eigenvalue weighted by atomic mass is 32.1. The number of fused-ring (bicyclic) bond motifs is 1. The Kier molecular flexibility index (Phi) is 5.46. The van der Waals surface area contributed by atoms with Gasteiger partial charge in [0.1, 0.15) is 18.2 Å². The minimum absolute atomic E-state index is 0.000607. The van der Waals surface area contributed by atoms with Crippen molar-refractivity contribution in [1.82, 2.24) is 0 Å². The highest BCUT2D eigenvalue weighted by Gasteiger charge is 2.51. The lowest BCUT2D eigenvalue weighted by Gasteiger charge is -2.31. The number of nitrogens with two attached hydrogens (primary N) is 1. The second-order valence-electron chi connectivity index (χ2n) is 8.07. The van der Waals surface area contributed by atoms with Gasteiger partial charge in [0, 0.05) is 18.3 Å². The van der Waals surface area contributed by atoms with Crippen LogP contribution in [-0.2, 0) is 11.0 Å². The van der Waals surface area contributed by atoms with E-state index in [0.29, 0.717) is 23.7 Å².